The second-order valence-corrected chi connectivity index (χ2v) is 4.11. The highest BCUT2D eigenvalue weighted by Crippen LogP contribution is 2.19. The third kappa shape index (κ3) is 2.47. The van der Waals surface area contributed by atoms with E-state index in [4.69, 9.17) is 10.5 Å². The van der Waals surface area contributed by atoms with E-state index in [1.54, 1.807) is 0 Å². The van der Waals surface area contributed by atoms with Crippen LogP contribution in [0, 0.1) is 6.92 Å². The molecule has 2 aromatic rings. The van der Waals surface area contributed by atoms with Crippen molar-refractivity contribution in [1.29, 1.82) is 0 Å². The van der Waals surface area contributed by atoms with Gasteiger partial charge in [-0.1, -0.05) is 18.2 Å². The summed E-state index contributed by atoms with van der Waals surface area (Å²) in [5.74, 6) is 0.893. The van der Waals surface area contributed by atoms with Crippen molar-refractivity contribution >= 4 is 16.5 Å². The number of hydrogen-bond acceptors (Lipinski definition) is 4. The van der Waals surface area contributed by atoms with Crippen LogP contribution < -0.4 is 10.5 Å². The van der Waals surface area contributed by atoms with Gasteiger partial charge in [0.2, 0.25) is 0 Å². The molecule has 2 rings (SSSR count). The van der Waals surface area contributed by atoms with Crippen LogP contribution in [0.4, 0.5) is 5.00 Å². The molecule has 0 saturated carbocycles. The first-order chi connectivity index (χ1) is 7.25. The van der Waals surface area contributed by atoms with Crippen molar-refractivity contribution in [1.82, 2.24) is 4.37 Å². The summed E-state index contributed by atoms with van der Waals surface area (Å²) in [5, 5.41) is 0.721. The van der Waals surface area contributed by atoms with Gasteiger partial charge >= 0.3 is 0 Å². The molecule has 1 aromatic heterocycles. The summed E-state index contributed by atoms with van der Waals surface area (Å²) in [4.78, 5) is 0. The maximum Gasteiger partial charge on any atom is 0.131 e. The van der Waals surface area contributed by atoms with Crippen LogP contribution in [0.1, 0.15) is 11.3 Å². The number of rotatable bonds is 3. The molecular formula is C11H12N2OS. The number of aromatic nitrogens is 1. The Balaban J connectivity index is 2.02. The van der Waals surface area contributed by atoms with Crippen molar-refractivity contribution in [2.45, 2.75) is 13.5 Å². The summed E-state index contributed by atoms with van der Waals surface area (Å²) in [6, 6.07) is 9.75. The van der Waals surface area contributed by atoms with Crippen molar-refractivity contribution < 1.29 is 4.74 Å². The number of nitrogen functional groups attached to an aromatic ring is 1. The Kier molecular flexibility index (Phi) is 2.87. The first-order valence-corrected chi connectivity index (χ1v) is 5.42. The Bertz CT molecular complexity index is 453. The Morgan fingerprint density at radius 2 is 2.20 bits per heavy atom. The topological polar surface area (TPSA) is 48.1 Å². The minimum atomic E-state index is 0.471. The molecule has 0 aliphatic carbocycles. The lowest BCUT2D eigenvalue weighted by Crippen LogP contribution is -1.96. The van der Waals surface area contributed by atoms with Gasteiger partial charge in [-0.2, -0.15) is 4.37 Å². The molecule has 3 nitrogen and oxygen atoms in total. The average Bonchev–Trinajstić information content (AvgIpc) is 2.63. The van der Waals surface area contributed by atoms with Crippen molar-refractivity contribution in [3.8, 4) is 5.75 Å². The summed E-state index contributed by atoms with van der Waals surface area (Å²) in [7, 11) is 0. The summed E-state index contributed by atoms with van der Waals surface area (Å²) in [6.07, 6.45) is 0. The third-order valence-corrected chi connectivity index (χ3v) is 2.70. The van der Waals surface area contributed by atoms with Gasteiger partial charge in [-0.15, -0.1) is 0 Å². The lowest BCUT2D eigenvalue weighted by Gasteiger charge is -2.06. The molecule has 0 atom stereocenters. The van der Waals surface area contributed by atoms with Crippen LogP contribution in [0.5, 0.6) is 5.75 Å². The molecule has 0 spiro atoms. The minimum absolute atomic E-state index is 0.471. The summed E-state index contributed by atoms with van der Waals surface area (Å²) in [5.41, 5.74) is 7.58. The lowest BCUT2D eigenvalue weighted by molar-refractivity contribution is 0.300. The smallest absolute Gasteiger partial charge is 0.131 e. The van der Waals surface area contributed by atoms with Crippen LogP contribution in [-0.2, 0) is 6.61 Å². The minimum Gasteiger partial charge on any atom is -0.487 e. The number of anilines is 1. The third-order valence-electron chi connectivity index (χ3n) is 2.05. The van der Waals surface area contributed by atoms with Crippen molar-refractivity contribution in [2.75, 3.05) is 5.73 Å². The van der Waals surface area contributed by atoms with E-state index < -0.39 is 0 Å². The molecule has 0 saturated heterocycles. The molecule has 0 aliphatic heterocycles. The van der Waals surface area contributed by atoms with Gasteiger partial charge in [0.25, 0.3) is 0 Å². The highest BCUT2D eigenvalue weighted by atomic mass is 32.1. The van der Waals surface area contributed by atoms with Gasteiger partial charge in [0.15, 0.2) is 0 Å². The predicted molar refractivity (Wildman–Crippen MR) is 62.0 cm³/mol. The van der Waals surface area contributed by atoms with E-state index in [-0.39, 0.29) is 0 Å². The number of aryl methyl sites for hydroxylation is 1. The van der Waals surface area contributed by atoms with E-state index in [9.17, 15) is 0 Å². The zero-order chi connectivity index (χ0) is 10.7. The van der Waals surface area contributed by atoms with Crippen LogP contribution in [0.3, 0.4) is 0 Å². The van der Waals surface area contributed by atoms with Gasteiger partial charge in [-0.3, -0.25) is 0 Å². The van der Waals surface area contributed by atoms with Gasteiger partial charge in [-0.25, -0.2) is 0 Å². The zero-order valence-electron chi connectivity index (χ0n) is 8.43. The van der Waals surface area contributed by atoms with E-state index in [0.717, 1.165) is 22.0 Å². The van der Waals surface area contributed by atoms with Gasteiger partial charge < -0.3 is 10.5 Å². The molecule has 0 unspecified atom stereocenters. The number of hydrogen-bond donors (Lipinski definition) is 1. The molecule has 0 amide bonds. The molecule has 2 N–H and O–H groups in total. The monoisotopic (exact) mass is 220 g/mol. The van der Waals surface area contributed by atoms with E-state index >= 15 is 0 Å². The summed E-state index contributed by atoms with van der Waals surface area (Å²) in [6.45, 7) is 2.49. The Morgan fingerprint density at radius 1 is 1.40 bits per heavy atom. The number of para-hydroxylation sites is 1. The van der Waals surface area contributed by atoms with Crippen molar-refractivity contribution in [2.24, 2.45) is 0 Å². The summed E-state index contributed by atoms with van der Waals surface area (Å²) >= 11 is 1.29. The SMILES string of the molecule is Cc1ccccc1OCc1cc(N)sn1. The normalized spacial score (nSPS) is 10.2. The van der Waals surface area contributed by atoms with Crippen LogP contribution in [0.25, 0.3) is 0 Å². The molecule has 78 valence electrons. The van der Waals surface area contributed by atoms with Crippen LogP contribution in [0.2, 0.25) is 0 Å². The molecule has 1 heterocycles. The van der Waals surface area contributed by atoms with E-state index in [1.165, 1.54) is 11.5 Å². The molecule has 1 aromatic carbocycles. The van der Waals surface area contributed by atoms with Gasteiger partial charge in [0, 0.05) is 0 Å². The highest BCUT2D eigenvalue weighted by Gasteiger charge is 2.01. The fourth-order valence-electron chi connectivity index (χ4n) is 1.27. The maximum absolute atomic E-state index is 5.62. The maximum atomic E-state index is 5.62. The number of ether oxygens (including phenoxy) is 1. The van der Waals surface area contributed by atoms with E-state index in [2.05, 4.69) is 4.37 Å². The molecule has 0 bridgehead atoms. The Morgan fingerprint density at radius 3 is 2.87 bits per heavy atom. The fraction of sp³-hybridized carbons (Fsp3) is 0.182. The Hall–Kier alpha value is -1.55. The van der Waals surface area contributed by atoms with Crippen LogP contribution >= 0.6 is 11.5 Å². The molecule has 15 heavy (non-hydrogen) atoms. The van der Waals surface area contributed by atoms with E-state index in [0.29, 0.717) is 6.61 Å². The van der Waals surface area contributed by atoms with Crippen molar-refractivity contribution in [3.63, 3.8) is 0 Å². The predicted octanol–water partition coefficient (Wildman–Crippen LogP) is 2.61. The highest BCUT2D eigenvalue weighted by molar-refractivity contribution is 7.09. The number of nitrogens with zero attached hydrogens (tertiary/aromatic N) is 1. The van der Waals surface area contributed by atoms with Crippen molar-refractivity contribution in [3.05, 3.63) is 41.6 Å². The standard InChI is InChI=1S/C11H12N2OS/c1-8-4-2-3-5-10(8)14-7-9-6-11(12)15-13-9/h2-6H,7,12H2,1H3. The second kappa shape index (κ2) is 4.31. The fourth-order valence-corrected chi connectivity index (χ4v) is 1.78. The largest absolute Gasteiger partial charge is 0.487 e. The quantitative estimate of drug-likeness (QED) is 0.865. The Labute approximate surface area is 92.7 Å². The van der Waals surface area contributed by atoms with Gasteiger partial charge in [0.05, 0.1) is 5.69 Å². The van der Waals surface area contributed by atoms with E-state index in [1.807, 2.05) is 37.3 Å². The summed E-state index contributed by atoms with van der Waals surface area (Å²) < 4.78 is 9.78. The number of benzene rings is 1. The van der Waals surface area contributed by atoms with Gasteiger partial charge in [-0.05, 0) is 36.2 Å². The molecule has 0 radical (unpaired) electrons. The molecular weight excluding hydrogens is 208 g/mol. The van der Waals surface area contributed by atoms with Gasteiger partial charge in [0.1, 0.15) is 17.4 Å². The average molecular weight is 220 g/mol. The zero-order valence-corrected chi connectivity index (χ0v) is 9.25. The number of nitrogens with two attached hydrogens (primary N) is 1. The van der Waals surface area contributed by atoms with Crippen LogP contribution in [-0.4, -0.2) is 4.37 Å². The first-order valence-electron chi connectivity index (χ1n) is 4.65. The molecule has 0 fully saturated rings. The molecule has 4 heteroatoms. The first kappa shape index (κ1) is 9.98. The molecule has 0 aliphatic rings. The lowest BCUT2D eigenvalue weighted by atomic mass is 10.2. The van der Waals surface area contributed by atoms with Crippen LogP contribution in [0.15, 0.2) is 30.3 Å². The second-order valence-electron chi connectivity index (χ2n) is 3.27.